The maximum absolute atomic E-state index is 13.2. The van der Waals surface area contributed by atoms with Gasteiger partial charge >= 0.3 is 5.69 Å². The van der Waals surface area contributed by atoms with Crippen molar-refractivity contribution in [3.63, 3.8) is 0 Å². The standard InChI is InChI=1S/C20H24N6O2/c1-5-11-24-18(27)16-17(23(4)20(24)28)21-19-25(12-15-9-7-6-8-10-15)22-13(2)14(3)26(16)19/h6-10,14H,5,11-12H2,1-4H3/t14-/m1/s1. The number of hydrogen-bond donors (Lipinski definition) is 0. The van der Waals surface area contributed by atoms with Crippen LogP contribution in [0.15, 0.2) is 45.0 Å². The van der Waals surface area contributed by atoms with E-state index in [0.29, 0.717) is 36.6 Å². The van der Waals surface area contributed by atoms with Gasteiger partial charge in [0.2, 0.25) is 5.95 Å². The summed E-state index contributed by atoms with van der Waals surface area (Å²) >= 11 is 0. The van der Waals surface area contributed by atoms with Crippen molar-refractivity contribution in [2.24, 2.45) is 12.1 Å². The average Bonchev–Trinajstić information content (AvgIpc) is 3.10. The lowest BCUT2D eigenvalue weighted by Crippen LogP contribution is -2.40. The number of fused-ring (bicyclic) bond motifs is 3. The van der Waals surface area contributed by atoms with E-state index >= 15 is 0 Å². The maximum atomic E-state index is 13.2. The predicted octanol–water partition coefficient (Wildman–Crippen LogP) is 2.26. The summed E-state index contributed by atoms with van der Waals surface area (Å²) < 4.78 is 4.67. The number of imidazole rings is 1. The molecule has 0 amide bonds. The zero-order chi connectivity index (χ0) is 20.0. The quantitative estimate of drug-likeness (QED) is 0.696. The van der Waals surface area contributed by atoms with Crippen LogP contribution in [0.25, 0.3) is 11.2 Å². The molecule has 0 fully saturated rings. The first-order valence-electron chi connectivity index (χ1n) is 9.52. The molecule has 3 heterocycles. The monoisotopic (exact) mass is 380 g/mol. The molecule has 0 N–H and O–H groups in total. The molecule has 1 aromatic carbocycles. The van der Waals surface area contributed by atoms with Crippen molar-refractivity contribution >= 4 is 22.8 Å². The van der Waals surface area contributed by atoms with E-state index in [1.807, 2.05) is 55.7 Å². The fourth-order valence-electron chi connectivity index (χ4n) is 3.67. The number of hydrazone groups is 1. The van der Waals surface area contributed by atoms with Crippen molar-refractivity contribution in [1.29, 1.82) is 0 Å². The van der Waals surface area contributed by atoms with Crippen LogP contribution in [0.5, 0.6) is 0 Å². The van der Waals surface area contributed by atoms with E-state index in [9.17, 15) is 9.59 Å². The Morgan fingerprint density at radius 2 is 1.86 bits per heavy atom. The first kappa shape index (κ1) is 18.2. The van der Waals surface area contributed by atoms with E-state index in [-0.39, 0.29) is 17.3 Å². The maximum Gasteiger partial charge on any atom is 0.332 e. The van der Waals surface area contributed by atoms with E-state index in [4.69, 9.17) is 5.10 Å². The highest BCUT2D eigenvalue weighted by Gasteiger charge is 2.30. The minimum Gasteiger partial charge on any atom is -0.294 e. The number of anilines is 1. The molecule has 0 bridgehead atoms. The van der Waals surface area contributed by atoms with E-state index < -0.39 is 0 Å². The number of aromatic nitrogens is 4. The smallest absolute Gasteiger partial charge is 0.294 e. The minimum absolute atomic E-state index is 0.118. The molecule has 0 radical (unpaired) electrons. The lowest BCUT2D eigenvalue weighted by atomic mass is 10.2. The third-order valence-electron chi connectivity index (χ3n) is 5.28. The summed E-state index contributed by atoms with van der Waals surface area (Å²) in [5.74, 6) is 0.582. The van der Waals surface area contributed by atoms with Crippen molar-refractivity contribution in [2.75, 3.05) is 5.01 Å². The number of hydrogen-bond acceptors (Lipinski definition) is 5. The molecule has 0 aliphatic carbocycles. The van der Waals surface area contributed by atoms with Crippen LogP contribution in [0.4, 0.5) is 5.95 Å². The van der Waals surface area contributed by atoms with Crippen LogP contribution in [-0.4, -0.2) is 24.4 Å². The molecule has 2 aromatic heterocycles. The van der Waals surface area contributed by atoms with Crippen molar-refractivity contribution in [1.82, 2.24) is 18.7 Å². The molecule has 0 saturated carbocycles. The number of nitrogens with zero attached hydrogens (tertiary/aromatic N) is 6. The van der Waals surface area contributed by atoms with Gasteiger partial charge in [0, 0.05) is 13.6 Å². The van der Waals surface area contributed by atoms with Crippen LogP contribution in [0.2, 0.25) is 0 Å². The van der Waals surface area contributed by atoms with E-state index in [1.165, 1.54) is 9.13 Å². The lowest BCUT2D eigenvalue weighted by molar-refractivity contribution is 0.586. The third-order valence-corrected chi connectivity index (χ3v) is 5.28. The zero-order valence-electron chi connectivity index (χ0n) is 16.6. The summed E-state index contributed by atoms with van der Waals surface area (Å²) in [6.45, 7) is 6.81. The first-order chi connectivity index (χ1) is 13.4. The highest BCUT2D eigenvalue weighted by atomic mass is 16.2. The van der Waals surface area contributed by atoms with Crippen molar-refractivity contribution in [3.05, 3.63) is 56.7 Å². The number of aryl methyl sites for hydroxylation is 1. The second-order valence-corrected chi connectivity index (χ2v) is 7.21. The SMILES string of the molecule is CCCn1c(=O)c2c(nc3n2[C@H](C)C(C)=NN3Cc2ccccc2)n(C)c1=O. The fourth-order valence-corrected chi connectivity index (χ4v) is 3.67. The summed E-state index contributed by atoms with van der Waals surface area (Å²) in [6.07, 6.45) is 0.706. The molecule has 0 spiro atoms. The largest absolute Gasteiger partial charge is 0.332 e. The summed E-state index contributed by atoms with van der Waals surface area (Å²) in [6, 6.07) is 9.87. The summed E-state index contributed by atoms with van der Waals surface area (Å²) in [5, 5.41) is 6.51. The van der Waals surface area contributed by atoms with Gasteiger partial charge in [-0.25, -0.2) is 9.80 Å². The molecule has 1 atom stereocenters. The van der Waals surface area contributed by atoms with Crippen LogP contribution < -0.4 is 16.3 Å². The molecule has 0 unspecified atom stereocenters. The van der Waals surface area contributed by atoms with Gasteiger partial charge in [-0.05, 0) is 25.8 Å². The normalized spacial score (nSPS) is 16.4. The van der Waals surface area contributed by atoms with Gasteiger partial charge in [-0.3, -0.25) is 18.5 Å². The van der Waals surface area contributed by atoms with Crippen molar-refractivity contribution < 1.29 is 0 Å². The van der Waals surface area contributed by atoms with Gasteiger partial charge in [0.15, 0.2) is 11.2 Å². The molecule has 1 aliphatic heterocycles. The van der Waals surface area contributed by atoms with Gasteiger partial charge in [-0.1, -0.05) is 37.3 Å². The van der Waals surface area contributed by atoms with Gasteiger partial charge in [-0.15, -0.1) is 0 Å². The fraction of sp³-hybridized carbons (Fsp3) is 0.400. The van der Waals surface area contributed by atoms with Crippen LogP contribution in [0.3, 0.4) is 0 Å². The van der Waals surface area contributed by atoms with Crippen LogP contribution in [-0.2, 0) is 20.1 Å². The molecule has 0 saturated heterocycles. The molecule has 1 aliphatic rings. The molecule has 3 aromatic rings. The first-order valence-corrected chi connectivity index (χ1v) is 9.52. The Balaban J connectivity index is 1.97. The molecule has 28 heavy (non-hydrogen) atoms. The van der Waals surface area contributed by atoms with Gasteiger partial charge in [0.1, 0.15) is 0 Å². The Labute approximate surface area is 162 Å². The van der Waals surface area contributed by atoms with E-state index in [2.05, 4.69) is 4.98 Å². The third kappa shape index (κ3) is 2.67. The Hall–Kier alpha value is -3.16. The summed E-state index contributed by atoms with van der Waals surface area (Å²) in [5.41, 5.74) is 2.19. The summed E-state index contributed by atoms with van der Waals surface area (Å²) in [4.78, 5) is 30.5. The van der Waals surface area contributed by atoms with Gasteiger partial charge in [0.05, 0.1) is 18.3 Å². The van der Waals surface area contributed by atoms with Crippen LogP contribution >= 0.6 is 0 Å². The van der Waals surface area contributed by atoms with Gasteiger partial charge in [-0.2, -0.15) is 10.1 Å². The highest BCUT2D eigenvalue weighted by molar-refractivity contribution is 5.91. The second-order valence-electron chi connectivity index (χ2n) is 7.21. The molecular formula is C20H24N6O2. The summed E-state index contributed by atoms with van der Waals surface area (Å²) in [7, 11) is 1.66. The van der Waals surface area contributed by atoms with Gasteiger partial charge in [0.25, 0.3) is 5.56 Å². The molecule has 8 heteroatoms. The molecular weight excluding hydrogens is 356 g/mol. The van der Waals surface area contributed by atoms with E-state index in [1.54, 1.807) is 12.1 Å². The predicted molar refractivity (Wildman–Crippen MR) is 110 cm³/mol. The van der Waals surface area contributed by atoms with Crippen molar-refractivity contribution in [2.45, 2.75) is 46.3 Å². The second kappa shape index (κ2) is 6.78. The Morgan fingerprint density at radius 3 is 2.54 bits per heavy atom. The lowest BCUT2D eigenvalue weighted by Gasteiger charge is -2.29. The highest BCUT2D eigenvalue weighted by Crippen LogP contribution is 2.30. The Bertz CT molecular complexity index is 1190. The number of benzene rings is 1. The van der Waals surface area contributed by atoms with E-state index in [0.717, 1.165) is 11.3 Å². The molecule has 4 rings (SSSR count). The Morgan fingerprint density at radius 1 is 1.14 bits per heavy atom. The van der Waals surface area contributed by atoms with Crippen molar-refractivity contribution in [3.8, 4) is 0 Å². The Kier molecular flexibility index (Phi) is 4.41. The topological polar surface area (TPSA) is 77.4 Å². The zero-order valence-corrected chi connectivity index (χ0v) is 16.6. The van der Waals surface area contributed by atoms with Crippen LogP contribution in [0.1, 0.15) is 38.8 Å². The minimum atomic E-state index is -0.338. The van der Waals surface area contributed by atoms with Crippen LogP contribution in [0, 0.1) is 0 Å². The average molecular weight is 380 g/mol. The molecule has 146 valence electrons. The number of rotatable bonds is 4. The molecule has 8 nitrogen and oxygen atoms in total. The van der Waals surface area contributed by atoms with Gasteiger partial charge < -0.3 is 0 Å².